The summed E-state index contributed by atoms with van der Waals surface area (Å²) in [5, 5.41) is 9.30. The van der Waals surface area contributed by atoms with Crippen LogP contribution in [0.3, 0.4) is 0 Å². The molecule has 0 unspecified atom stereocenters. The molecule has 0 spiro atoms. The highest BCUT2D eigenvalue weighted by Crippen LogP contribution is 2.39. The maximum Gasteiger partial charge on any atom is 0.313 e. The van der Waals surface area contributed by atoms with E-state index in [4.69, 9.17) is 16.3 Å². The van der Waals surface area contributed by atoms with Crippen molar-refractivity contribution < 1.29 is 32.6 Å². The normalized spacial score (nSPS) is 12.4. The minimum Gasteiger partial charge on any atom is -0.503 e. The van der Waals surface area contributed by atoms with Gasteiger partial charge in [0, 0.05) is 22.7 Å². The van der Waals surface area contributed by atoms with Gasteiger partial charge < -0.3 is 9.84 Å². The van der Waals surface area contributed by atoms with Gasteiger partial charge in [0.25, 0.3) is 5.91 Å². The van der Waals surface area contributed by atoms with Crippen molar-refractivity contribution in [3.63, 3.8) is 0 Å². The molecule has 9 heteroatoms. The third-order valence-corrected chi connectivity index (χ3v) is 5.22. The minimum absolute atomic E-state index is 0.0521. The van der Waals surface area contributed by atoms with E-state index >= 15 is 0 Å². The first-order valence-corrected chi connectivity index (χ1v) is 9.75. The summed E-state index contributed by atoms with van der Waals surface area (Å²) < 4.78 is 49.2. The molecular weight excluding hydrogens is 435 g/mol. The lowest BCUT2D eigenvalue weighted by atomic mass is 9.97. The number of nitrogens with zero attached hydrogens (tertiary/aromatic N) is 1. The third kappa shape index (κ3) is 3.87. The maximum absolute atomic E-state index is 14.9. The summed E-state index contributed by atoms with van der Waals surface area (Å²) in [5.41, 5.74) is -0.173. The lowest BCUT2D eigenvalue weighted by Crippen LogP contribution is -2.19. The number of carbonyl (C=O) groups is 2. The van der Waals surface area contributed by atoms with Crippen molar-refractivity contribution in [2.24, 2.45) is 0 Å². The fourth-order valence-corrected chi connectivity index (χ4v) is 3.63. The molecule has 5 nitrogen and oxygen atoms in total. The summed E-state index contributed by atoms with van der Waals surface area (Å²) in [4.78, 5) is 25.7. The Morgan fingerprint density at radius 1 is 1.10 bits per heavy atom. The number of esters is 1. The Kier molecular flexibility index (Phi) is 6.04. The van der Waals surface area contributed by atoms with E-state index in [0.29, 0.717) is 0 Å². The molecule has 0 radical (unpaired) electrons. The lowest BCUT2D eigenvalue weighted by Gasteiger charge is -2.15. The first-order valence-electron chi connectivity index (χ1n) is 9.37. The van der Waals surface area contributed by atoms with Crippen molar-refractivity contribution in [3.8, 4) is 5.75 Å². The summed E-state index contributed by atoms with van der Waals surface area (Å²) in [5.74, 6) is -7.20. The van der Waals surface area contributed by atoms with E-state index in [1.807, 2.05) is 0 Å². The number of carbonyl (C=O) groups excluding carboxylic acids is 2. The fourth-order valence-electron chi connectivity index (χ4n) is 3.51. The Labute approximate surface area is 181 Å². The molecule has 164 valence electrons. The predicted octanol–water partition coefficient (Wildman–Crippen LogP) is 5.47. The first kappa shape index (κ1) is 22.7. The van der Waals surface area contributed by atoms with Gasteiger partial charge in [-0.2, -0.15) is 0 Å². The highest BCUT2D eigenvalue weighted by atomic mass is 35.5. The summed E-state index contributed by atoms with van der Waals surface area (Å²) in [6.45, 7) is 6.17. The van der Waals surface area contributed by atoms with E-state index in [1.165, 1.54) is 26.0 Å². The number of rotatable bonds is 4. The summed E-state index contributed by atoms with van der Waals surface area (Å²) in [6, 6.07) is 4.14. The van der Waals surface area contributed by atoms with Crippen molar-refractivity contribution in [3.05, 3.63) is 63.6 Å². The molecule has 0 saturated heterocycles. The molecule has 0 aliphatic carbocycles. The molecule has 31 heavy (non-hydrogen) atoms. The van der Waals surface area contributed by atoms with Crippen LogP contribution in [0.4, 0.5) is 13.2 Å². The van der Waals surface area contributed by atoms with Gasteiger partial charge in [0.1, 0.15) is 5.82 Å². The standard InChI is InChI=1S/C22H19ClF3NO4/c1-9(2)31-22(30)10(3)17-11(4)27(16-8-15(25)20(28)19(26)18(16)17)21(29)12-5-6-13(23)14(24)7-12/h5-10,28H,1-4H3/t10-/m0/s1. The van der Waals surface area contributed by atoms with E-state index in [2.05, 4.69) is 0 Å². The lowest BCUT2D eigenvalue weighted by molar-refractivity contribution is -0.148. The molecule has 1 N–H and O–H groups in total. The van der Waals surface area contributed by atoms with Gasteiger partial charge in [0.15, 0.2) is 17.4 Å². The van der Waals surface area contributed by atoms with Gasteiger partial charge in [-0.15, -0.1) is 0 Å². The smallest absolute Gasteiger partial charge is 0.313 e. The third-order valence-electron chi connectivity index (χ3n) is 4.92. The van der Waals surface area contributed by atoms with E-state index in [9.17, 15) is 27.9 Å². The number of fused-ring (bicyclic) bond motifs is 1. The Morgan fingerprint density at radius 2 is 1.74 bits per heavy atom. The molecule has 1 heterocycles. The van der Waals surface area contributed by atoms with Crippen LogP contribution in [0.2, 0.25) is 5.02 Å². The molecule has 0 fully saturated rings. The molecule has 0 aliphatic rings. The molecule has 0 aliphatic heterocycles. The SMILES string of the molecule is Cc1c([C@H](C)C(=O)OC(C)C)c2c(F)c(O)c(F)cc2n1C(=O)c1ccc(Cl)c(F)c1. The van der Waals surface area contributed by atoms with E-state index in [0.717, 1.165) is 16.7 Å². The quantitative estimate of drug-likeness (QED) is 0.532. The van der Waals surface area contributed by atoms with Crippen molar-refractivity contribution in [1.82, 2.24) is 4.57 Å². The molecule has 3 rings (SSSR count). The summed E-state index contributed by atoms with van der Waals surface area (Å²) in [7, 11) is 0. The molecule has 0 saturated carbocycles. The van der Waals surface area contributed by atoms with Crippen molar-refractivity contribution in [1.29, 1.82) is 0 Å². The Hall–Kier alpha value is -3.00. The Balaban J connectivity index is 2.32. The number of phenols is 1. The topological polar surface area (TPSA) is 68.5 Å². The van der Waals surface area contributed by atoms with Crippen LogP contribution in [0.25, 0.3) is 10.9 Å². The number of hydrogen-bond donors (Lipinski definition) is 1. The second-order valence-electron chi connectivity index (χ2n) is 7.39. The van der Waals surface area contributed by atoms with Crippen molar-refractivity contribution in [2.45, 2.75) is 39.7 Å². The largest absolute Gasteiger partial charge is 0.503 e. The summed E-state index contributed by atoms with van der Waals surface area (Å²) in [6.07, 6.45) is -0.446. The number of ether oxygens (including phenoxy) is 1. The van der Waals surface area contributed by atoms with Crippen LogP contribution in [0.15, 0.2) is 24.3 Å². The number of aromatic nitrogens is 1. The number of halogens is 4. The number of phenolic OH excluding ortho intramolecular Hbond substituents is 1. The van der Waals surface area contributed by atoms with Gasteiger partial charge in [-0.1, -0.05) is 11.6 Å². The molecule has 3 aromatic rings. The monoisotopic (exact) mass is 453 g/mol. The van der Waals surface area contributed by atoms with Crippen molar-refractivity contribution in [2.75, 3.05) is 0 Å². The van der Waals surface area contributed by atoms with Gasteiger partial charge >= 0.3 is 5.97 Å². The fraction of sp³-hybridized carbons (Fsp3) is 0.273. The van der Waals surface area contributed by atoms with E-state index in [-0.39, 0.29) is 32.7 Å². The van der Waals surface area contributed by atoms with Gasteiger partial charge in [-0.3, -0.25) is 14.2 Å². The molecular formula is C22H19ClF3NO4. The number of aromatic hydroxyl groups is 1. The van der Waals surface area contributed by atoms with Crippen LogP contribution in [0.5, 0.6) is 5.75 Å². The zero-order valence-electron chi connectivity index (χ0n) is 17.1. The zero-order chi connectivity index (χ0) is 23.2. The summed E-state index contributed by atoms with van der Waals surface area (Å²) >= 11 is 5.67. The first-order chi connectivity index (χ1) is 14.5. The van der Waals surface area contributed by atoms with E-state index < -0.39 is 47.1 Å². The second kappa shape index (κ2) is 8.26. The van der Waals surface area contributed by atoms with Crippen LogP contribution < -0.4 is 0 Å². The van der Waals surface area contributed by atoms with Crippen LogP contribution in [-0.4, -0.2) is 27.7 Å². The van der Waals surface area contributed by atoms with Crippen LogP contribution >= 0.6 is 11.6 Å². The minimum atomic E-state index is -1.31. The van der Waals surface area contributed by atoms with Gasteiger partial charge in [0.05, 0.1) is 22.6 Å². The highest BCUT2D eigenvalue weighted by Gasteiger charge is 2.31. The zero-order valence-corrected chi connectivity index (χ0v) is 17.9. The van der Waals surface area contributed by atoms with Gasteiger partial charge in [-0.25, -0.2) is 13.2 Å². The van der Waals surface area contributed by atoms with Crippen LogP contribution in [0.1, 0.15) is 48.3 Å². The number of hydrogen-bond acceptors (Lipinski definition) is 4. The highest BCUT2D eigenvalue weighted by molar-refractivity contribution is 6.30. The van der Waals surface area contributed by atoms with Crippen LogP contribution in [-0.2, 0) is 9.53 Å². The average molecular weight is 454 g/mol. The van der Waals surface area contributed by atoms with E-state index in [1.54, 1.807) is 13.8 Å². The molecule has 0 amide bonds. The molecule has 1 aromatic heterocycles. The van der Waals surface area contributed by atoms with Gasteiger partial charge in [-0.05, 0) is 51.5 Å². The second-order valence-corrected chi connectivity index (χ2v) is 7.80. The molecule has 1 atom stereocenters. The Bertz CT molecular complexity index is 1220. The maximum atomic E-state index is 14.9. The predicted molar refractivity (Wildman–Crippen MR) is 109 cm³/mol. The molecule has 0 bridgehead atoms. The van der Waals surface area contributed by atoms with Gasteiger partial charge in [0.2, 0.25) is 0 Å². The molecule has 2 aromatic carbocycles. The Morgan fingerprint density at radius 3 is 2.32 bits per heavy atom. The average Bonchev–Trinajstić information content (AvgIpc) is 2.98. The van der Waals surface area contributed by atoms with Crippen molar-refractivity contribution >= 4 is 34.4 Å². The number of benzene rings is 2. The van der Waals surface area contributed by atoms with Crippen LogP contribution in [0, 0.1) is 24.4 Å².